The molecule has 0 fully saturated rings. The molecule has 0 unspecified atom stereocenters. The van der Waals surface area contributed by atoms with Crippen LogP contribution in [0.25, 0.3) is 0 Å². The molecule has 0 saturated carbocycles. The van der Waals surface area contributed by atoms with Crippen molar-refractivity contribution in [2.24, 2.45) is 4.99 Å². The van der Waals surface area contributed by atoms with Gasteiger partial charge in [0.1, 0.15) is 0 Å². The highest BCUT2D eigenvalue weighted by atomic mass is 127. The summed E-state index contributed by atoms with van der Waals surface area (Å²) in [6.45, 7) is 3.44. The number of nitrogens with one attached hydrogen (secondary N) is 2. The SMILES string of the molecule is CC=CCCNC(=NC)NCc1cc(OC)c(OC)c(OC)c1.I. The van der Waals surface area contributed by atoms with E-state index in [1.807, 2.05) is 25.1 Å². The van der Waals surface area contributed by atoms with Gasteiger partial charge in [-0.05, 0) is 31.0 Å². The zero-order valence-corrected chi connectivity index (χ0v) is 17.3. The second kappa shape index (κ2) is 12.7. The number of rotatable bonds is 8. The second-order valence-corrected chi connectivity index (χ2v) is 4.74. The van der Waals surface area contributed by atoms with Gasteiger partial charge in [0, 0.05) is 20.1 Å². The minimum atomic E-state index is 0. The first-order valence-corrected chi connectivity index (χ1v) is 7.54. The van der Waals surface area contributed by atoms with Crippen LogP contribution in [0.3, 0.4) is 0 Å². The average Bonchev–Trinajstić information content (AvgIpc) is 2.59. The summed E-state index contributed by atoms with van der Waals surface area (Å²) in [5, 5.41) is 6.52. The first-order valence-electron chi connectivity index (χ1n) is 7.54. The lowest BCUT2D eigenvalue weighted by atomic mass is 10.2. The molecule has 0 aliphatic heterocycles. The summed E-state index contributed by atoms with van der Waals surface area (Å²) in [4.78, 5) is 4.20. The molecule has 24 heavy (non-hydrogen) atoms. The number of benzene rings is 1. The minimum absolute atomic E-state index is 0. The summed E-state index contributed by atoms with van der Waals surface area (Å²) in [5.74, 6) is 2.62. The minimum Gasteiger partial charge on any atom is -0.493 e. The van der Waals surface area contributed by atoms with Crippen molar-refractivity contribution in [3.05, 3.63) is 29.8 Å². The van der Waals surface area contributed by atoms with Gasteiger partial charge in [-0.2, -0.15) is 0 Å². The van der Waals surface area contributed by atoms with Crippen LogP contribution in [-0.2, 0) is 6.54 Å². The van der Waals surface area contributed by atoms with Gasteiger partial charge in [0.15, 0.2) is 17.5 Å². The van der Waals surface area contributed by atoms with Crippen molar-refractivity contribution in [1.29, 1.82) is 0 Å². The number of guanidine groups is 1. The highest BCUT2D eigenvalue weighted by molar-refractivity contribution is 14.0. The van der Waals surface area contributed by atoms with Gasteiger partial charge in [0.2, 0.25) is 5.75 Å². The fourth-order valence-corrected chi connectivity index (χ4v) is 2.08. The number of hydrogen-bond donors (Lipinski definition) is 2. The van der Waals surface area contributed by atoms with E-state index in [9.17, 15) is 0 Å². The molecule has 0 spiro atoms. The van der Waals surface area contributed by atoms with Crippen LogP contribution in [0, 0.1) is 0 Å². The summed E-state index contributed by atoms with van der Waals surface area (Å²) in [5.41, 5.74) is 1.01. The molecule has 6 nitrogen and oxygen atoms in total. The Labute approximate surface area is 161 Å². The molecule has 2 N–H and O–H groups in total. The highest BCUT2D eigenvalue weighted by Crippen LogP contribution is 2.38. The van der Waals surface area contributed by atoms with Crippen molar-refractivity contribution in [3.63, 3.8) is 0 Å². The number of halogens is 1. The number of nitrogens with zero attached hydrogens (tertiary/aromatic N) is 1. The van der Waals surface area contributed by atoms with Crippen molar-refractivity contribution >= 4 is 29.9 Å². The van der Waals surface area contributed by atoms with Crippen LogP contribution in [0.1, 0.15) is 18.9 Å². The molecule has 0 radical (unpaired) electrons. The van der Waals surface area contributed by atoms with Crippen LogP contribution in [-0.4, -0.2) is 40.9 Å². The summed E-state index contributed by atoms with van der Waals surface area (Å²) in [6.07, 6.45) is 5.11. The van der Waals surface area contributed by atoms with Gasteiger partial charge in [-0.25, -0.2) is 0 Å². The first kappa shape index (κ1) is 22.4. The normalized spacial score (nSPS) is 11.0. The third kappa shape index (κ3) is 6.86. The van der Waals surface area contributed by atoms with Crippen molar-refractivity contribution in [1.82, 2.24) is 10.6 Å². The topological polar surface area (TPSA) is 64.1 Å². The van der Waals surface area contributed by atoms with Crippen LogP contribution in [0.2, 0.25) is 0 Å². The van der Waals surface area contributed by atoms with Gasteiger partial charge in [-0.1, -0.05) is 12.2 Å². The monoisotopic (exact) mass is 449 g/mol. The van der Waals surface area contributed by atoms with E-state index in [1.165, 1.54) is 0 Å². The van der Waals surface area contributed by atoms with Gasteiger partial charge < -0.3 is 24.8 Å². The largest absolute Gasteiger partial charge is 0.493 e. The van der Waals surface area contributed by atoms with Gasteiger partial charge in [-0.3, -0.25) is 4.99 Å². The van der Waals surface area contributed by atoms with E-state index in [4.69, 9.17) is 14.2 Å². The maximum Gasteiger partial charge on any atom is 0.203 e. The van der Waals surface area contributed by atoms with E-state index >= 15 is 0 Å². The van der Waals surface area contributed by atoms with Crippen molar-refractivity contribution in [2.45, 2.75) is 19.9 Å². The fraction of sp³-hybridized carbons (Fsp3) is 0.471. The molecule has 0 aliphatic carbocycles. The van der Waals surface area contributed by atoms with Gasteiger partial charge in [0.05, 0.1) is 21.3 Å². The third-order valence-corrected chi connectivity index (χ3v) is 3.25. The van der Waals surface area contributed by atoms with E-state index in [0.717, 1.165) is 24.5 Å². The molecule has 0 aromatic heterocycles. The summed E-state index contributed by atoms with van der Waals surface area (Å²) < 4.78 is 16.0. The standard InChI is InChI=1S/C17H27N3O3.HI/c1-6-7-8-9-19-17(18-2)20-12-13-10-14(21-3)16(23-5)15(11-13)22-4;/h6-7,10-11H,8-9,12H2,1-5H3,(H2,18,19,20);1H. The Kier molecular flexibility index (Phi) is 11.9. The summed E-state index contributed by atoms with van der Waals surface area (Å²) in [6, 6.07) is 3.84. The predicted molar refractivity (Wildman–Crippen MR) is 109 cm³/mol. The second-order valence-electron chi connectivity index (χ2n) is 4.74. The predicted octanol–water partition coefficient (Wildman–Crippen LogP) is 2.96. The molecule has 7 heteroatoms. The number of aliphatic imine (C=N–C) groups is 1. The lowest BCUT2D eigenvalue weighted by Crippen LogP contribution is -2.37. The zero-order chi connectivity index (χ0) is 17.1. The maximum atomic E-state index is 5.36. The molecule has 0 bridgehead atoms. The smallest absolute Gasteiger partial charge is 0.203 e. The molecule has 0 aliphatic rings. The van der Waals surface area contributed by atoms with Crippen LogP contribution < -0.4 is 24.8 Å². The molecule has 0 atom stereocenters. The quantitative estimate of drug-likeness (QED) is 0.210. The van der Waals surface area contributed by atoms with Gasteiger partial charge in [0.25, 0.3) is 0 Å². The van der Waals surface area contributed by atoms with E-state index in [2.05, 4.69) is 21.7 Å². The third-order valence-electron chi connectivity index (χ3n) is 3.25. The number of allylic oxidation sites excluding steroid dienone is 1. The highest BCUT2D eigenvalue weighted by Gasteiger charge is 2.13. The molecule has 1 aromatic rings. The van der Waals surface area contributed by atoms with Gasteiger partial charge >= 0.3 is 0 Å². The van der Waals surface area contributed by atoms with Crippen LogP contribution in [0.15, 0.2) is 29.3 Å². The number of methoxy groups -OCH3 is 3. The average molecular weight is 449 g/mol. The molecular weight excluding hydrogens is 421 g/mol. The molecule has 0 saturated heterocycles. The number of hydrogen-bond acceptors (Lipinski definition) is 4. The Hall–Kier alpha value is -1.64. The fourth-order valence-electron chi connectivity index (χ4n) is 2.08. The van der Waals surface area contributed by atoms with Crippen molar-refractivity contribution in [3.8, 4) is 17.2 Å². The van der Waals surface area contributed by atoms with Crippen LogP contribution in [0.4, 0.5) is 0 Å². The van der Waals surface area contributed by atoms with E-state index in [1.54, 1.807) is 28.4 Å². The van der Waals surface area contributed by atoms with Crippen molar-refractivity contribution < 1.29 is 14.2 Å². The first-order chi connectivity index (χ1) is 11.2. The Morgan fingerprint density at radius 2 is 1.71 bits per heavy atom. The summed E-state index contributed by atoms with van der Waals surface area (Å²) in [7, 11) is 6.56. The number of ether oxygens (including phenoxy) is 3. The molecule has 1 rings (SSSR count). The van der Waals surface area contributed by atoms with Crippen LogP contribution >= 0.6 is 24.0 Å². The Morgan fingerprint density at radius 1 is 1.08 bits per heavy atom. The van der Waals surface area contributed by atoms with Gasteiger partial charge in [-0.15, -0.1) is 24.0 Å². The Bertz CT molecular complexity index is 523. The molecule has 0 amide bonds. The molecule has 1 aromatic carbocycles. The zero-order valence-electron chi connectivity index (χ0n) is 15.0. The van der Waals surface area contributed by atoms with Crippen molar-refractivity contribution in [2.75, 3.05) is 34.9 Å². The molecular formula is C17H28IN3O3. The Morgan fingerprint density at radius 3 is 2.17 bits per heavy atom. The van der Waals surface area contributed by atoms with E-state index < -0.39 is 0 Å². The summed E-state index contributed by atoms with van der Waals surface area (Å²) >= 11 is 0. The molecule has 136 valence electrons. The van der Waals surface area contributed by atoms with Crippen LogP contribution in [0.5, 0.6) is 17.2 Å². The Balaban J connectivity index is 0.00000529. The maximum absolute atomic E-state index is 5.36. The molecule has 0 heterocycles. The lowest BCUT2D eigenvalue weighted by Gasteiger charge is -2.15. The lowest BCUT2D eigenvalue weighted by molar-refractivity contribution is 0.323. The van der Waals surface area contributed by atoms with E-state index in [-0.39, 0.29) is 24.0 Å². The van der Waals surface area contributed by atoms with E-state index in [0.29, 0.717) is 23.8 Å².